The van der Waals surface area contributed by atoms with Gasteiger partial charge in [-0.1, -0.05) is 30.3 Å². The number of sulfone groups is 1. The summed E-state index contributed by atoms with van der Waals surface area (Å²) in [5.74, 6) is -1.57. The number of ether oxygens (including phenoxy) is 1. The second kappa shape index (κ2) is 9.98. The molecule has 13 heteroatoms. The van der Waals surface area contributed by atoms with Crippen LogP contribution in [0.25, 0.3) is 5.82 Å². The Morgan fingerprint density at radius 2 is 1.85 bits per heavy atom. The predicted molar refractivity (Wildman–Crippen MR) is 112 cm³/mol. The van der Waals surface area contributed by atoms with Crippen molar-refractivity contribution in [2.45, 2.75) is 18.3 Å². The zero-order valence-corrected chi connectivity index (χ0v) is 18.2. The number of methoxy groups -OCH3 is 1. The van der Waals surface area contributed by atoms with Gasteiger partial charge in [0, 0.05) is 12.6 Å². The zero-order chi connectivity index (χ0) is 24.1. The highest BCUT2D eigenvalue weighted by atomic mass is 32.2. The van der Waals surface area contributed by atoms with Gasteiger partial charge in [-0.15, -0.1) is 10.2 Å². The molecule has 0 saturated carbocycles. The van der Waals surface area contributed by atoms with Gasteiger partial charge in [-0.3, -0.25) is 4.79 Å². The van der Waals surface area contributed by atoms with E-state index >= 15 is 0 Å². The van der Waals surface area contributed by atoms with Crippen LogP contribution >= 0.6 is 0 Å². The average Bonchev–Trinajstić information content (AvgIpc) is 3.23. The molecule has 1 amide bonds. The molecular formula is C20H20F3N5O4S. The summed E-state index contributed by atoms with van der Waals surface area (Å²) >= 11 is 0. The summed E-state index contributed by atoms with van der Waals surface area (Å²) in [5.41, 5.74) is -1.41. The Morgan fingerprint density at radius 1 is 1.12 bits per heavy atom. The predicted octanol–water partition coefficient (Wildman–Crippen LogP) is 2.42. The quantitative estimate of drug-likeness (QED) is 0.465. The molecule has 0 atom stereocenters. The number of halogens is 3. The van der Waals surface area contributed by atoms with Crippen molar-refractivity contribution in [2.75, 3.05) is 19.4 Å². The lowest BCUT2D eigenvalue weighted by molar-refractivity contribution is -0.143. The average molecular weight is 483 g/mol. The molecule has 3 aromatic rings. The number of aromatic nitrogens is 4. The second-order valence-electron chi connectivity index (χ2n) is 6.94. The van der Waals surface area contributed by atoms with Crippen LogP contribution in [-0.2, 0) is 21.8 Å². The van der Waals surface area contributed by atoms with Crippen LogP contribution in [0.5, 0.6) is 5.88 Å². The molecule has 0 bridgehead atoms. The Labute approximate surface area is 187 Å². The summed E-state index contributed by atoms with van der Waals surface area (Å²) in [6.07, 6.45) is -4.10. The SMILES string of the molecule is COc1ccc(-n2ncc(C(=O)NCCCS(=O)(=O)Cc3ccccc3)c2C(F)(F)F)nn1. The minimum atomic E-state index is -4.91. The van der Waals surface area contributed by atoms with Crippen LogP contribution in [0.2, 0.25) is 0 Å². The fourth-order valence-electron chi connectivity index (χ4n) is 2.99. The highest BCUT2D eigenvalue weighted by Gasteiger charge is 2.41. The van der Waals surface area contributed by atoms with Crippen molar-refractivity contribution in [1.29, 1.82) is 0 Å². The highest BCUT2D eigenvalue weighted by molar-refractivity contribution is 7.90. The Morgan fingerprint density at radius 3 is 2.45 bits per heavy atom. The number of hydrogen-bond acceptors (Lipinski definition) is 7. The fraction of sp³-hybridized carbons (Fsp3) is 0.300. The van der Waals surface area contributed by atoms with Crippen molar-refractivity contribution in [3.05, 3.63) is 65.5 Å². The molecule has 2 aromatic heterocycles. The minimum Gasteiger partial charge on any atom is -0.480 e. The Balaban J connectivity index is 1.66. The molecule has 1 aromatic carbocycles. The lowest BCUT2D eigenvalue weighted by atomic mass is 10.2. The molecule has 0 unspecified atom stereocenters. The molecule has 0 aliphatic rings. The van der Waals surface area contributed by atoms with Gasteiger partial charge in [0.05, 0.1) is 30.4 Å². The van der Waals surface area contributed by atoms with Gasteiger partial charge in [0.25, 0.3) is 5.91 Å². The molecule has 0 radical (unpaired) electrons. The lowest BCUT2D eigenvalue weighted by Crippen LogP contribution is -2.28. The van der Waals surface area contributed by atoms with E-state index in [9.17, 15) is 26.4 Å². The molecule has 3 rings (SSSR count). The third-order valence-corrected chi connectivity index (χ3v) is 6.17. The van der Waals surface area contributed by atoms with E-state index in [4.69, 9.17) is 4.74 Å². The van der Waals surface area contributed by atoms with Crippen molar-refractivity contribution in [2.24, 2.45) is 0 Å². The van der Waals surface area contributed by atoms with E-state index < -0.39 is 33.2 Å². The van der Waals surface area contributed by atoms with Crippen LogP contribution in [0.4, 0.5) is 13.2 Å². The first-order valence-corrected chi connectivity index (χ1v) is 11.5. The zero-order valence-electron chi connectivity index (χ0n) is 17.4. The summed E-state index contributed by atoms with van der Waals surface area (Å²) in [5, 5.41) is 13.2. The van der Waals surface area contributed by atoms with Crippen molar-refractivity contribution in [1.82, 2.24) is 25.3 Å². The van der Waals surface area contributed by atoms with E-state index in [1.807, 2.05) is 0 Å². The summed E-state index contributed by atoms with van der Waals surface area (Å²) in [6, 6.07) is 11.1. The second-order valence-corrected chi connectivity index (χ2v) is 9.12. The number of rotatable bonds is 9. The molecular weight excluding hydrogens is 463 g/mol. The molecule has 1 N–H and O–H groups in total. The third-order valence-electron chi connectivity index (χ3n) is 4.48. The maximum atomic E-state index is 13.7. The van der Waals surface area contributed by atoms with Crippen LogP contribution in [0.1, 0.15) is 28.0 Å². The smallest absolute Gasteiger partial charge is 0.434 e. The van der Waals surface area contributed by atoms with Crippen molar-refractivity contribution >= 4 is 15.7 Å². The molecule has 0 aliphatic carbocycles. The number of hydrogen-bond donors (Lipinski definition) is 1. The molecule has 2 heterocycles. The maximum absolute atomic E-state index is 13.7. The maximum Gasteiger partial charge on any atom is 0.434 e. The topological polar surface area (TPSA) is 116 Å². The minimum absolute atomic E-state index is 0.0420. The largest absolute Gasteiger partial charge is 0.480 e. The van der Waals surface area contributed by atoms with Crippen molar-refractivity contribution < 1.29 is 31.1 Å². The van der Waals surface area contributed by atoms with Gasteiger partial charge in [0.15, 0.2) is 21.3 Å². The van der Waals surface area contributed by atoms with Crippen molar-refractivity contribution in [3.63, 3.8) is 0 Å². The molecule has 0 saturated heterocycles. The van der Waals surface area contributed by atoms with Gasteiger partial charge >= 0.3 is 6.18 Å². The van der Waals surface area contributed by atoms with Crippen LogP contribution in [-0.4, -0.2) is 53.7 Å². The molecule has 0 fully saturated rings. The van der Waals surface area contributed by atoms with Gasteiger partial charge < -0.3 is 10.1 Å². The van der Waals surface area contributed by atoms with Crippen LogP contribution in [0.15, 0.2) is 48.7 Å². The Hall–Kier alpha value is -3.48. The molecule has 0 spiro atoms. The first-order valence-electron chi connectivity index (χ1n) is 9.66. The fourth-order valence-corrected chi connectivity index (χ4v) is 4.41. The number of benzene rings is 1. The highest BCUT2D eigenvalue weighted by Crippen LogP contribution is 2.33. The molecule has 33 heavy (non-hydrogen) atoms. The van der Waals surface area contributed by atoms with Crippen molar-refractivity contribution in [3.8, 4) is 11.7 Å². The van der Waals surface area contributed by atoms with Gasteiger partial charge in [0.2, 0.25) is 5.88 Å². The first kappa shape index (κ1) is 24.2. The number of amides is 1. The van der Waals surface area contributed by atoms with Crippen LogP contribution in [0.3, 0.4) is 0 Å². The van der Waals surface area contributed by atoms with Crippen LogP contribution in [0, 0.1) is 0 Å². The number of carbonyl (C=O) groups is 1. The summed E-state index contributed by atoms with van der Waals surface area (Å²) in [4.78, 5) is 12.4. The first-order chi connectivity index (χ1) is 15.6. The van der Waals surface area contributed by atoms with E-state index in [1.165, 1.54) is 19.2 Å². The monoisotopic (exact) mass is 483 g/mol. The van der Waals surface area contributed by atoms with Gasteiger partial charge in [-0.05, 0) is 18.1 Å². The van der Waals surface area contributed by atoms with Gasteiger partial charge in [-0.2, -0.15) is 18.3 Å². The number of alkyl halides is 3. The van der Waals surface area contributed by atoms with E-state index in [2.05, 4.69) is 20.6 Å². The van der Waals surface area contributed by atoms with E-state index in [0.717, 1.165) is 6.20 Å². The van der Waals surface area contributed by atoms with Gasteiger partial charge in [-0.25, -0.2) is 13.1 Å². The number of carbonyl (C=O) groups excluding carboxylic acids is 1. The summed E-state index contributed by atoms with van der Waals surface area (Å²) in [7, 11) is -2.11. The summed E-state index contributed by atoms with van der Waals surface area (Å²) in [6.45, 7) is -0.127. The number of nitrogens with zero attached hydrogens (tertiary/aromatic N) is 4. The Bertz CT molecular complexity index is 1200. The van der Waals surface area contributed by atoms with E-state index in [1.54, 1.807) is 30.3 Å². The molecule has 9 nitrogen and oxygen atoms in total. The lowest BCUT2D eigenvalue weighted by Gasteiger charge is -2.12. The molecule has 176 valence electrons. The normalized spacial score (nSPS) is 11.9. The number of nitrogens with one attached hydrogen (secondary N) is 1. The summed E-state index contributed by atoms with van der Waals surface area (Å²) < 4.78 is 70.8. The van der Waals surface area contributed by atoms with Gasteiger partial charge in [0.1, 0.15) is 0 Å². The molecule has 0 aliphatic heterocycles. The Kier molecular flexibility index (Phi) is 7.31. The van der Waals surface area contributed by atoms with E-state index in [0.29, 0.717) is 10.2 Å². The van der Waals surface area contributed by atoms with E-state index in [-0.39, 0.29) is 36.2 Å². The third kappa shape index (κ3) is 6.28. The standard InChI is InChI=1S/C20H20F3N5O4S/c1-32-17-9-8-16(26-27-17)28-18(20(21,22)23)15(12-25-28)19(29)24-10-5-11-33(30,31)13-14-6-3-2-4-7-14/h2-4,6-9,12H,5,10-11,13H2,1H3,(H,24,29). The van der Waals surface area contributed by atoms with Crippen LogP contribution < -0.4 is 10.1 Å².